The summed E-state index contributed by atoms with van der Waals surface area (Å²) in [5.74, 6) is 0.682. The molecule has 3 aromatic carbocycles. The second-order valence-electron chi connectivity index (χ2n) is 13.5. The van der Waals surface area contributed by atoms with Gasteiger partial charge >= 0.3 is 0 Å². The van der Waals surface area contributed by atoms with Crippen LogP contribution in [-0.2, 0) is 27.7 Å². The van der Waals surface area contributed by atoms with Crippen molar-refractivity contribution in [1.29, 1.82) is 0 Å². The molecule has 0 fully saturated rings. The lowest BCUT2D eigenvalue weighted by atomic mass is 9.74. The summed E-state index contributed by atoms with van der Waals surface area (Å²) in [7, 11) is 1.68. The number of hydrogen-bond acceptors (Lipinski definition) is 3. The van der Waals surface area contributed by atoms with Gasteiger partial charge in [0.05, 0.1) is 17.5 Å². The lowest BCUT2D eigenvalue weighted by Gasteiger charge is -2.32. The SMILES string of the molecule is CCC(C)Cc1ccc(N=C2C3=C(CC(OCOC)C=C3)/C(=C(/C)CCc3ccc(C(C)(C)CC)cc3)c3ccccc32)cc1. The molecule has 236 valence electrons. The maximum absolute atomic E-state index is 6.08. The Morgan fingerprint density at radius 2 is 1.62 bits per heavy atom. The van der Waals surface area contributed by atoms with Crippen LogP contribution in [0.3, 0.4) is 0 Å². The third kappa shape index (κ3) is 7.65. The van der Waals surface area contributed by atoms with Crippen molar-refractivity contribution in [2.45, 2.75) is 91.6 Å². The Morgan fingerprint density at radius 3 is 2.29 bits per heavy atom. The van der Waals surface area contributed by atoms with Crippen LogP contribution in [0.2, 0.25) is 0 Å². The van der Waals surface area contributed by atoms with E-state index >= 15 is 0 Å². The number of methoxy groups -OCH3 is 1. The van der Waals surface area contributed by atoms with E-state index in [-0.39, 0.29) is 18.3 Å². The number of aryl methyl sites for hydroxylation is 1. The molecule has 0 aliphatic heterocycles. The van der Waals surface area contributed by atoms with Gasteiger partial charge in [-0.1, -0.05) is 119 Å². The second-order valence-corrected chi connectivity index (χ2v) is 13.5. The Hall–Kier alpha value is -3.53. The molecule has 0 N–H and O–H groups in total. The van der Waals surface area contributed by atoms with Crippen molar-refractivity contribution < 1.29 is 9.47 Å². The van der Waals surface area contributed by atoms with Gasteiger partial charge in [0.2, 0.25) is 0 Å². The van der Waals surface area contributed by atoms with Gasteiger partial charge in [-0.25, -0.2) is 4.99 Å². The van der Waals surface area contributed by atoms with Gasteiger partial charge in [-0.2, -0.15) is 0 Å². The largest absolute Gasteiger partial charge is 0.359 e. The summed E-state index contributed by atoms with van der Waals surface area (Å²) in [5, 5.41) is 0. The van der Waals surface area contributed by atoms with Gasteiger partial charge < -0.3 is 9.47 Å². The molecule has 0 heterocycles. The molecule has 0 radical (unpaired) electrons. The molecule has 3 nitrogen and oxygen atoms in total. The number of aliphatic imine (C=N–C) groups is 1. The zero-order valence-corrected chi connectivity index (χ0v) is 28.5. The van der Waals surface area contributed by atoms with Crippen LogP contribution in [-0.4, -0.2) is 25.7 Å². The fraction of sp³-hybridized carbons (Fsp3) is 0.405. The van der Waals surface area contributed by atoms with Crippen LogP contribution in [0.15, 0.2) is 107 Å². The summed E-state index contributed by atoms with van der Waals surface area (Å²) >= 11 is 0. The molecule has 0 saturated carbocycles. The molecule has 0 spiro atoms. The van der Waals surface area contributed by atoms with E-state index in [4.69, 9.17) is 14.5 Å². The third-order valence-electron chi connectivity index (χ3n) is 9.91. The highest BCUT2D eigenvalue weighted by atomic mass is 16.7. The maximum Gasteiger partial charge on any atom is 0.147 e. The Kier molecular flexibility index (Phi) is 10.7. The van der Waals surface area contributed by atoms with Crippen molar-refractivity contribution in [3.63, 3.8) is 0 Å². The summed E-state index contributed by atoms with van der Waals surface area (Å²) in [6, 6.07) is 26.9. The lowest BCUT2D eigenvalue weighted by molar-refractivity contribution is -0.0550. The second kappa shape index (κ2) is 14.7. The molecule has 0 bridgehead atoms. The first-order valence-electron chi connectivity index (χ1n) is 16.8. The molecule has 0 amide bonds. The van der Waals surface area contributed by atoms with Crippen LogP contribution in [0, 0.1) is 5.92 Å². The Balaban J connectivity index is 1.52. The van der Waals surface area contributed by atoms with Crippen molar-refractivity contribution in [3.8, 4) is 0 Å². The quantitative estimate of drug-likeness (QED) is 0.193. The zero-order chi connectivity index (χ0) is 32.0. The van der Waals surface area contributed by atoms with Crippen molar-refractivity contribution in [3.05, 3.63) is 129 Å². The molecule has 2 unspecified atom stereocenters. The van der Waals surface area contributed by atoms with Gasteiger partial charge in [-0.3, -0.25) is 0 Å². The van der Waals surface area contributed by atoms with Crippen molar-refractivity contribution >= 4 is 17.0 Å². The number of benzene rings is 3. The number of rotatable bonds is 12. The van der Waals surface area contributed by atoms with Crippen molar-refractivity contribution in [2.75, 3.05) is 13.9 Å². The molecule has 3 aromatic rings. The third-order valence-corrected chi connectivity index (χ3v) is 9.91. The van der Waals surface area contributed by atoms with E-state index in [0.29, 0.717) is 5.92 Å². The van der Waals surface area contributed by atoms with E-state index in [0.717, 1.165) is 43.5 Å². The van der Waals surface area contributed by atoms with E-state index in [1.54, 1.807) is 7.11 Å². The fourth-order valence-electron chi connectivity index (χ4n) is 6.40. The first kappa shape index (κ1) is 32.9. The van der Waals surface area contributed by atoms with Gasteiger partial charge in [-0.05, 0) is 89.5 Å². The highest BCUT2D eigenvalue weighted by Crippen LogP contribution is 2.44. The van der Waals surface area contributed by atoms with Crippen molar-refractivity contribution in [2.24, 2.45) is 10.9 Å². The molecular weight excluding hydrogens is 550 g/mol. The summed E-state index contributed by atoms with van der Waals surface area (Å²) in [5.41, 5.74) is 14.1. The van der Waals surface area contributed by atoms with E-state index in [1.807, 2.05) is 0 Å². The number of hydrogen-bond donors (Lipinski definition) is 0. The van der Waals surface area contributed by atoms with Crippen LogP contribution in [0.25, 0.3) is 5.57 Å². The topological polar surface area (TPSA) is 30.8 Å². The van der Waals surface area contributed by atoms with Gasteiger partial charge in [0, 0.05) is 24.7 Å². The average molecular weight is 602 g/mol. The normalized spacial score (nSPS) is 19.0. The smallest absolute Gasteiger partial charge is 0.147 e. The number of fused-ring (bicyclic) bond motifs is 1. The predicted molar refractivity (Wildman–Crippen MR) is 190 cm³/mol. The van der Waals surface area contributed by atoms with Crippen LogP contribution >= 0.6 is 0 Å². The van der Waals surface area contributed by atoms with Crippen LogP contribution in [0.4, 0.5) is 5.69 Å². The minimum absolute atomic E-state index is 0.0349. The minimum Gasteiger partial charge on any atom is -0.359 e. The highest BCUT2D eigenvalue weighted by molar-refractivity contribution is 6.23. The lowest BCUT2D eigenvalue weighted by Crippen LogP contribution is -2.24. The molecule has 5 rings (SSSR count). The van der Waals surface area contributed by atoms with E-state index in [9.17, 15) is 0 Å². The van der Waals surface area contributed by atoms with E-state index in [1.165, 1.54) is 56.5 Å². The van der Waals surface area contributed by atoms with Crippen LogP contribution in [0.1, 0.15) is 95.0 Å². The fourth-order valence-corrected chi connectivity index (χ4v) is 6.40. The summed E-state index contributed by atoms with van der Waals surface area (Å²) in [6.07, 6.45) is 10.6. The summed E-state index contributed by atoms with van der Waals surface area (Å²) in [4.78, 5) is 5.31. The number of ether oxygens (including phenoxy) is 2. The summed E-state index contributed by atoms with van der Waals surface area (Å²) in [6.45, 7) is 14.1. The van der Waals surface area contributed by atoms with E-state index < -0.39 is 0 Å². The average Bonchev–Trinajstić information content (AvgIpc) is 3.07. The molecule has 0 aromatic heterocycles. The molecule has 3 heteroatoms. The van der Waals surface area contributed by atoms with Gasteiger partial charge in [0.25, 0.3) is 0 Å². The first-order valence-corrected chi connectivity index (χ1v) is 16.8. The maximum atomic E-state index is 6.08. The van der Waals surface area contributed by atoms with Crippen LogP contribution < -0.4 is 0 Å². The van der Waals surface area contributed by atoms with Gasteiger partial charge in [0.15, 0.2) is 0 Å². The minimum atomic E-state index is -0.0349. The Bertz CT molecular complexity index is 1580. The Labute approximate surface area is 271 Å². The van der Waals surface area contributed by atoms with Crippen molar-refractivity contribution in [1.82, 2.24) is 0 Å². The highest BCUT2D eigenvalue weighted by Gasteiger charge is 2.31. The molecule has 2 atom stereocenters. The monoisotopic (exact) mass is 601 g/mol. The molecule has 45 heavy (non-hydrogen) atoms. The Morgan fingerprint density at radius 1 is 0.933 bits per heavy atom. The summed E-state index contributed by atoms with van der Waals surface area (Å²) < 4.78 is 11.3. The molecule has 2 aliphatic carbocycles. The standard InChI is InChI=1S/C42H51NO2/c1-8-29(3)26-32-18-22-34(23-19-32)43-41-37-13-11-10-12-36(37)40(39-27-35(45-28-44-7)24-25-38(39)41)30(4)14-15-31-16-20-33(21-17-31)42(5,6)9-2/h10-13,16-25,29,35H,8-9,14-15,26-28H2,1-7H3/b40-30-,43-41?. The first-order chi connectivity index (χ1) is 21.7. The molecule has 0 saturated heterocycles. The van der Waals surface area contributed by atoms with Crippen LogP contribution in [0.5, 0.6) is 0 Å². The van der Waals surface area contributed by atoms with Gasteiger partial charge in [0.1, 0.15) is 6.79 Å². The van der Waals surface area contributed by atoms with Gasteiger partial charge in [-0.15, -0.1) is 0 Å². The molecule has 2 aliphatic rings. The number of nitrogens with zero attached hydrogens (tertiary/aromatic N) is 1. The van der Waals surface area contributed by atoms with E-state index in [2.05, 4.69) is 126 Å². The number of allylic oxidation sites excluding steroid dienone is 4. The molecular formula is C42H51NO2. The zero-order valence-electron chi connectivity index (χ0n) is 28.5. The predicted octanol–water partition coefficient (Wildman–Crippen LogP) is 10.7.